The fourth-order valence-electron chi connectivity index (χ4n) is 3.83. The lowest BCUT2D eigenvalue weighted by Crippen LogP contribution is -2.29. The molecule has 4 rings (SSSR count). The Kier molecular flexibility index (Phi) is 6.19. The van der Waals surface area contributed by atoms with Crippen LogP contribution in [0.3, 0.4) is 0 Å². The molecule has 4 nitrogen and oxygen atoms in total. The summed E-state index contributed by atoms with van der Waals surface area (Å²) in [5.41, 5.74) is 4.55. The monoisotopic (exact) mass is 417 g/mol. The first kappa shape index (κ1) is 20.2. The van der Waals surface area contributed by atoms with E-state index in [1.165, 1.54) is 11.3 Å². The quantitative estimate of drug-likeness (QED) is 0.492. The largest absolute Gasteiger partial charge is 0.334 e. The van der Waals surface area contributed by atoms with Crippen LogP contribution in [0, 0.1) is 0 Å². The number of fused-ring (bicyclic) bond motifs is 3. The van der Waals surface area contributed by atoms with Crippen LogP contribution in [0.15, 0.2) is 66.0 Å². The van der Waals surface area contributed by atoms with Gasteiger partial charge in [0, 0.05) is 38.8 Å². The molecule has 5 heteroatoms. The first-order valence-electron chi connectivity index (χ1n) is 10.1. The molecule has 0 fully saturated rings. The minimum Gasteiger partial charge on any atom is -0.334 e. The topological polar surface area (TPSA) is 54.5 Å². The van der Waals surface area contributed by atoms with Gasteiger partial charge in [0.15, 0.2) is 5.78 Å². The predicted octanol–water partition coefficient (Wildman–Crippen LogP) is 5.27. The predicted molar refractivity (Wildman–Crippen MR) is 118 cm³/mol. The second-order valence-electron chi connectivity index (χ2n) is 7.50. The highest BCUT2D eigenvalue weighted by Gasteiger charge is 2.22. The van der Waals surface area contributed by atoms with E-state index in [0.29, 0.717) is 18.0 Å². The molecule has 2 aromatic carbocycles. The average molecular weight is 418 g/mol. The molecule has 0 saturated heterocycles. The first-order valence-corrected chi connectivity index (χ1v) is 11.0. The summed E-state index contributed by atoms with van der Waals surface area (Å²) < 4.78 is 0. The lowest BCUT2D eigenvalue weighted by Gasteiger charge is -2.21. The van der Waals surface area contributed by atoms with Crippen LogP contribution in [0.1, 0.15) is 46.5 Å². The third-order valence-electron chi connectivity index (χ3n) is 5.44. The Morgan fingerprint density at radius 3 is 1.93 bits per heavy atom. The number of benzene rings is 2. The highest BCUT2D eigenvalue weighted by molar-refractivity contribution is 7.12. The van der Waals surface area contributed by atoms with Crippen molar-refractivity contribution in [2.45, 2.75) is 38.8 Å². The van der Waals surface area contributed by atoms with Gasteiger partial charge in [0.05, 0.1) is 4.88 Å². The Balaban J connectivity index is 1.37. The van der Waals surface area contributed by atoms with E-state index in [0.717, 1.165) is 22.3 Å². The van der Waals surface area contributed by atoms with Crippen molar-refractivity contribution in [3.63, 3.8) is 0 Å². The SMILES string of the molecule is O=C(CCC(=O)c1cccs1)CCC(=O)N1Cc2ccccc2-c2ccccc2C1. The standard InChI is InChI=1S/C25H23NO3S/c27-20(11-13-23(28)24-10-5-15-30-24)12-14-25(29)26-16-18-6-1-3-8-21(18)22-9-4-2-7-19(22)17-26/h1-10,15H,11-14,16-17H2. The summed E-state index contributed by atoms with van der Waals surface area (Å²) >= 11 is 1.39. The van der Waals surface area contributed by atoms with E-state index in [-0.39, 0.29) is 43.2 Å². The molecule has 1 amide bonds. The van der Waals surface area contributed by atoms with Gasteiger partial charge >= 0.3 is 0 Å². The Labute approximate surface area is 180 Å². The van der Waals surface area contributed by atoms with E-state index in [9.17, 15) is 14.4 Å². The van der Waals surface area contributed by atoms with E-state index < -0.39 is 0 Å². The molecule has 0 aliphatic carbocycles. The van der Waals surface area contributed by atoms with Crippen molar-refractivity contribution >= 4 is 28.8 Å². The maximum atomic E-state index is 12.9. The Bertz CT molecular complexity index is 1020. The maximum Gasteiger partial charge on any atom is 0.223 e. The summed E-state index contributed by atoms with van der Waals surface area (Å²) in [7, 11) is 0. The van der Waals surface area contributed by atoms with Crippen LogP contribution in [0.2, 0.25) is 0 Å². The number of nitrogens with zero attached hydrogens (tertiary/aromatic N) is 1. The molecule has 3 aromatic rings. The van der Waals surface area contributed by atoms with Gasteiger partial charge in [-0.05, 0) is 33.7 Å². The number of hydrogen-bond acceptors (Lipinski definition) is 4. The van der Waals surface area contributed by atoms with Crippen LogP contribution in [-0.2, 0) is 22.7 Å². The molecule has 0 saturated carbocycles. The third-order valence-corrected chi connectivity index (χ3v) is 6.36. The van der Waals surface area contributed by atoms with Crippen LogP contribution < -0.4 is 0 Å². The molecule has 1 aliphatic heterocycles. The van der Waals surface area contributed by atoms with Gasteiger partial charge in [0.1, 0.15) is 5.78 Å². The van der Waals surface area contributed by atoms with Crippen LogP contribution in [0.5, 0.6) is 0 Å². The van der Waals surface area contributed by atoms with Crippen molar-refractivity contribution in [1.29, 1.82) is 0 Å². The Morgan fingerprint density at radius 1 is 0.733 bits per heavy atom. The smallest absolute Gasteiger partial charge is 0.223 e. The van der Waals surface area contributed by atoms with Crippen molar-refractivity contribution < 1.29 is 14.4 Å². The van der Waals surface area contributed by atoms with Crippen molar-refractivity contribution in [2.24, 2.45) is 0 Å². The number of thiophene rings is 1. The molecule has 0 unspecified atom stereocenters. The van der Waals surface area contributed by atoms with Gasteiger partial charge in [-0.2, -0.15) is 0 Å². The molecular formula is C25H23NO3S. The number of rotatable bonds is 7. The van der Waals surface area contributed by atoms with Gasteiger partial charge in [-0.3, -0.25) is 14.4 Å². The van der Waals surface area contributed by atoms with Crippen LogP contribution in [0.4, 0.5) is 0 Å². The fourth-order valence-corrected chi connectivity index (χ4v) is 4.52. The highest BCUT2D eigenvalue weighted by Crippen LogP contribution is 2.32. The van der Waals surface area contributed by atoms with Crippen molar-refractivity contribution in [2.75, 3.05) is 0 Å². The highest BCUT2D eigenvalue weighted by atomic mass is 32.1. The zero-order valence-electron chi connectivity index (χ0n) is 16.7. The summed E-state index contributed by atoms with van der Waals surface area (Å²) in [4.78, 5) is 39.7. The van der Waals surface area contributed by atoms with E-state index >= 15 is 0 Å². The second-order valence-corrected chi connectivity index (χ2v) is 8.45. The van der Waals surface area contributed by atoms with E-state index in [2.05, 4.69) is 24.3 Å². The number of ketones is 2. The van der Waals surface area contributed by atoms with Gasteiger partial charge in [-0.1, -0.05) is 54.6 Å². The molecule has 152 valence electrons. The molecule has 30 heavy (non-hydrogen) atoms. The van der Waals surface area contributed by atoms with Crippen molar-refractivity contribution in [3.8, 4) is 11.1 Å². The zero-order chi connectivity index (χ0) is 20.9. The van der Waals surface area contributed by atoms with Gasteiger partial charge in [-0.15, -0.1) is 11.3 Å². The number of hydrogen-bond donors (Lipinski definition) is 0. The van der Waals surface area contributed by atoms with E-state index in [1.807, 2.05) is 40.6 Å². The van der Waals surface area contributed by atoms with Crippen LogP contribution in [0.25, 0.3) is 11.1 Å². The lowest BCUT2D eigenvalue weighted by molar-refractivity contribution is -0.134. The van der Waals surface area contributed by atoms with E-state index in [4.69, 9.17) is 0 Å². The summed E-state index contributed by atoms with van der Waals surface area (Å²) in [5, 5.41) is 1.85. The molecule has 0 bridgehead atoms. The van der Waals surface area contributed by atoms with Crippen LogP contribution >= 0.6 is 11.3 Å². The molecule has 1 aliphatic rings. The maximum absolute atomic E-state index is 12.9. The molecule has 0 N–H and O–H groups in total. The van der Waals surface area contributed by atoms with Gasteiger partial charge in [0.2, 0.25) is 5.91 Å². The number of amides is 1. The average Bonchev–Trinajstić information content (AvgIpc) is 3.25. The Morgan fingerprint density at radius 2 is 1.33 bits per heavy atom. The molecule has 0 radical (unpaired) electrons. The van der Waals surface area contributed by atoms with Crippen molar-refractivity contribution in [3.05, 3.63) is 82.0 Å². The summed E-state index contributed by atoms with van der Waals surface area (Å²) in [6.45, 7) is 1.07. The number of Topliss-reactive ketones (excluding diaryl/α,β-unsaturated/α-hetero) is 2. The zero-order valence-corrected chi connectivity index (χ0v) is 17.5. The molecular weight excluding hydrogens is 394 g/mol. The summed E-state index contributed by atoms with van der Waals surface area (Å²) in [6.07, 6.45) is 0.750. The van der Waals surface area contributed by atoms with E-state index in [1.54, 1.807) is 6.07 Å². The van der Waals surface area contributed by atoms with Gasteiger partial charge in [0.25, 0.3) is 0 Å². The number of carbonyl (C=O) groups is 3. The minimum absolute atomic E-state index is 0.00888. The molecule has 0 atom stereocenters. The lowest BCUT2D eigenvalue weighted by atomic mass is 9.97. The molecule has 0 spiro atoms. The Hall–Kier alpha value is -3.05. The van der Waals surface area contributed by atoms with Gasteiger partial charge in [-0.25, -0.2) is 0 Å². The number of carbonyl (C=O) groups excluding carboxylic acids is 3. The van der Waals surface area contributed by atoms with Gasteiger partial charge < -0.3 is 4.90 Å². The summed E-state index contributed by atoms with van der Waals surface area (Å²) in [5.74, 6) is -0.0753. The minimum atomic E-state index is -0.0381. The fraction of sp³-hybridized carbons (Fsp3) is 0.240. The second kappa shape index (κ2) is 9.18. The van der Waals surface area contributed by atoms with Crippen molar-refractivity contribution in [1.82, 2.24) is 4.90 Å². The first-order chi connectivity index (χ1) is 14.6. The molecule has 2 heterocycles. The summed E-state index contributed by atoms with van der Waals surface area (Å²) in [6, 6.07) is 19.9. The molecule has 1 aromatic heterocycles. The third kappa shape index (κ3) is 4.57. The van der Waals surface area contributed by atoms with Crippen LogP contribution in [-0.4, -0.2) is 22.4 Å². The normalized spacial score (nSPS) is 12.6.